The molecule has 23 heavy (non-hydrogen) atoms. The summed E-state index contributed by atoms with van der Waals surface area (Å²) >= 11 is 0. The number of anilines is 1. The second kappa shape index (κ2) is 6.55. The number of furan rings is 1. The van der Waals surface area contributed by atoms with Crippen molar-refractivity contribution < 1.29 is 18.5 Å². The van der Waals surface area contributed by atoms with Crippen LogP contribution >= 0.6 is 0 Å². The van der Waals surface area contributed by atoms with Crippen molar-refractivity contribution in [1.82, 2.24) is 15.4 Å². The standard InChI is InChI=1S/C15H18N4O4/c1-10-8-13(18-23-10)17-15(21)19-6-2-5-12(19)14(20)16-9-11-4-3-7-22-11/h3-4,7-8,12H,2,5-6,9H2,1H3,(H,16,20)(H,17,18,21). The molecule has 3 rings (SSSR count). The first-order chi connectivity index (χ1) is 11.1. The molecule has 2 aromatic rings. The van der Waals surface area contributed by atoms with Gasteiger partial charge in [-0.3, -0.25) is 10.1 Å². The van der Waals surface area contributed by atoms with E-state index in [1.54, 1.807) is 31.4 Å². The summed E-state index contributed by atoms with van der Waals surface area (Å²) in [5, 5.41) is 9.15. The maximum Gasteiger partial charge on any atom is 0.323 e. The fraction of sp³-hybridized carbons (Fsp3) is 0.400. The van der Waals surface area contributed by atoms with Crippen molar-refractivity contribution in [3.8, 4) is 0 Å². The van der Waals surface area contributed by atoms with Crippen LogP contribution in [0.4, 0.5) is 10.6 Å². The molecule has 0 radical (unpaired) electrons. The quantitative estimate of drug-likeness (QED) is 0.896. The molecule has 2 aromatic heterocycles. The van der Waals surface area contributed by atoms with Crippen LogP contribution in [-0.2, 0) is 11.3 Å². The number of nitrogens with one attached hydrogen (secondary N) is 2. The molecule has 1 aliphatic rings. The van der Waals surface area contributed by atoms with Crippen molar-refractivity contribution in [2.45, 2.75) is 32.4 Å². The second-order valence-electron chi connectivity index (χ2n) is 5.40. The summed E-state index contributed by atoms with van der Waals surface area (Å²) in [6, 6.07) is 4.33. The van der Waals surface area contributed by atoms with E-state index in [0.29, 0.717) is 36.8 Å². The Morgan fingerprint density at radius 1 is 1.48 bits per heavy atom. The Hall–Kier alpha value is -2.77. The van der Waals surface area contributed by atoms with Crippen LogP contribution in [0.1, 0.15) is 24.4 Å². The number of carbonyl (C=O) groups excluding carboxylic acids is 2. The van der Waals surface area contributed by atoms with E-state index in [4.69, 9.17) is 8.94 Å². The lowest BCUT2D eigenvalue weighted by Crippen LogP contribution is -2.47. The van der Waals surface area contributed by atoms with Gasteiger partial charge in [0.05, 0.1) is 12.8 Å². The van der Waals surface area contributed by atoms with Crippen molar-refractivity contribution in [3.05, 3.63) is 36.0 Å². The van der Waals surface area contributed by atoms with Gasteiger partial charge in [-0.15, -0.1) is 0 Å². The van der Waals surface area contributed by atoms with E-state index in [1.807, 2.05) is 0 Å². The van der Waals surface area contributed by atoms with Crippen LogP contribution in [0.3, 0.4) is 0 Å². The molecule has 0 spiro atoms. The minimum atomic E-state index is -0.488. The van der Waals surface area contributed by atoms with E-state index in [9.17, 15) is 9.59 Å². The van der Waals surface area contributed by atoms with Gasteiger partial charge in [-0.25, -0.2) is 4.79 Å². The lowest BCUT2D eigenvalue weighted by Gasteiger charge is -2.23. The number of nitrogens with zero attached hydrogens (tertiary/aromatic N) is 2. The van der Waals surface area contributed by atoms with Crippen molar-refractivity contribution in [2.24, 2.45) is 0 Å². The van der Waals surface area contributed by atoms with E-state index in [-0.39, 0.29) is 11.9 Å². The molecule has 0 aromatic carbocycles. The number of likely N-dealkylation sites (tertiary alicyclic amines) is 1. The van der Waals surface area contributed by atoms with E-state index < -0.39 is 6.04 Å². The molecule has 3 heterocycles. The van der Waals surface area contributed by atoms with Crippen molar-refractivity contribution in [1.29, 1.82) is 0 Å². The zero-order valence-electron chi connectivity index (χ0n) is 12.7. The van der Waals surface area contributed by atoms with Crippen LogP contribution in [0.25, 0.3) is 0 Å². The highest BCUT2D eigenvalue weighted by Crippen LogP contribution is 2.19. The molecule has 1 atom stereocenters. The van der Waals surface area contributed by atoms with Crippen LogP contribution < -0.4 is 10.6 Å². The van der Waals surface area contributed by atoms with Gasteiger partial charge in [-0.1, -0.05) is 5.16 Å². The molecule has 1 unspecified atom stereocenters. The Morgan fingerprint density at radius 3 is 3.04 bits per heavy atom. The monoisotopic (exact) mass is 318 g/mol. The predicted molar refractivity (Wildman–Crippen MR) is 80.5 cm³/mol. The van der Waals surface area contributed by atoms with Gasteiger partial charge in [-0.2, -0.15) is 0 Å². The smallest absolute Gasteiger partial charge is 0.323 e. The molecule has 1 aliphatic heterocycles. The first-order valence-corrected chi connectivity index (χ1v) is 7.44. The highest BCUT2D eigenvalue weighted by Gasteiger charge is 2.34. The van der Waals surface area contributed by atoms with Crippen molar-refractivity contribution in [3.63, 3.8) is 0 Å². The molecule has 8 nitrogen and oxygen atoms in total. The van der Waals surface area contributed by atoms with Gasteiger partial charge in [0.15, 0.2) is 5.82 Å². The third-order valence-electron chi connectivity index (χ3n) is 3.70. The number of rotatable bonds is 4. The van der Waals surface area contributed by atoms with E-state index in [1.165, 1.54) is 4.90 Å². The maximum absolute atomic E-state index is 12.3. The summed E-state index contributed by atoms with van der Waals surface area (Å²) in [5.74, 6) is 1.43. The van der Waals surface area contributed by atoms with Gasteiger partial charge in [0, 0.05) is 12.6 Å². The van der Waals surface area contributed by atoms with Crippen LogP contribution in [0.5, 0.6) is 0 Å². The van der Waals surface area contributed by atoms with Crippen molar-refractivity contribution >= 4 is 17.8 Å². The lowest BCUT2D eigenvalue weighted by atomic mass is 10.2. The Balaban J connectivity index is 1.58. The van der Waals surface area contributed by atoms with E-state index in [0.717, 1.165) is 6.42 Å². The van der Waals surface area contributed by atoms with Gasteiger partial charge in [-0.05, 0) is 31.9 Å². The van der Waals surface area contributed by atoms with Crippen LogP contribution in [0, 0.1) is 6.92 Å². The van der Waals surface area contributed by atoms with Gasteiger partial charge < -0.3 is 19.2 Å². The third kappa shape index (κ3) is 3.53. The summed E-state index contributed by atoms with van der Waals surface area (Å²) in [7, 11) is 0. The number of hydrogen-bond donors (Lipinski definition) is 2. The Labute approximate surface area is 132 Å². The molecule has 0 saturated carbocycles. The summed E-state index contributed by atoms with van der Waals surface area (Å²) < 4.78 is 10.1. The van der Waals surface area contributed by atoms with Gasteiger partial charge in [0.2, 0.25) is 5.91 Å². The number of amides is 3. The molecular weight excluding hydrogens is 300 g/mol. The van der Waals surface area contributed by atoms with Crippen LogP contribution in [0.15, 0.2) is 33.4 Å². The Kier molecular flexibility index (Phi) is 4.31. The second-order valence-corrected chi connectivity index (χ2v) is 5.40. The van der Waals surface area contributed by atoms with Crippen LogP contribution in [-0.4, -0.2) is 34.6 Å². The number of aromatic nitrogens is 1. The summed E-state index contributed by atoms with van der Waals surface area (Å²) in [4.78, 5) is 26.1. The number of aryl methyl sites for hydroxylation is 1. The molecule has 122 valence electrons. The number of hydrogen-bond acceptors (Lipinski definition) is 5. The highest BCUT2D eigenvalue weighted by atomic mass is 16.5. The number of urea groups is 1. The molecule has 3 amide bonds. The average molecular weight is 318 g/mol. The molecule has 1 fully saturated rings. The zero-order valence-corrected chi connectivity index (χ0v) is 12.7. The molecular formula is C15H18N4O4. The van der Waals surface area contributed by atoms with Gasteiger partial charge >= 0.3 is 6.03 Å². The zero-order chi connectivity index (χ0) is 16.2. The largest absolute Gasteiger partial charge is 0.467 e. The Bertz CT molecular complexity index is 679. The summed E-state index contributed by atoms with van der Waals surface area (Å²) in [6.45, 7) is 2.57. The number of carbonyl (C=O) groups is 2. The van der Waals surface area contributed by atoms with Gasteiger partial charge in [0.1, 0.15) is 17.6 Å². The van der Waals surface area contributed by atoms with E-state index >= 15 is 0 Å². The molecule has 8 heteroatoms. The molecule has 0 bridgehead atoms. The summed E-state index contributed by atoms with van der Waals surface area (Å²) in [5.41, 5.74) is 0. The van der Waals surface area contributed by atoms with Crippen molar-refractivity contribution in [2.75, 3.05) is 11.9 Å². The topological polar surface area (TPSA) is 101 Å². The minimum absolute atomic E-state index is 0.189. The maximum atomic E-state index is 12.3. The lowest BCUT2D eigenvalue weighted by molar-refractivity contribution is -0.124. The first-order valence-electron chi connectivity index (χ1n) is 7.44. The van der Waals surface area contributed by atoms with E-state index in [2.05, 4.69) is 15.8 Å². The van der Waals surface area contributed by atoms with Gasteiger partial charge in [0.25, 0.3) is 0 Å². The molecule has 1 saturated heterocycles. The third-order valence-corrected chi connectivity index (χ3v) is 3.70. The summed E-state index contributed by atoms with van der Waals surface area (Å²) in [6.07, 6.45) is 2.97. The normalized spacial score (nSPS) is 17.3. The molecule has 0 aliphatic carbocycles. The fourth-order valence-electron chi connectivity index (χ4n) is 2.59. The SMILES string of the molecule is Cc1cc(NC(=O)N2CCCC2C(=O)NCc2ccco2)no1. The fourth-order valence-corrected chi connectivity index (χ4v) is 2.59. The Morgan fingerprint density at radius 2 is 2.35 bits per heavy atom. The first kappa shape index (κ1) is 15.1. The predicted octanol–water partition coefficient (Wildman–Crippen LogP) is 1.89. The highest BCUT2D eigenvalue weighted by molar-refractivity contribution is 5.93. The minimum Gasteiger partial charge on any atom is -0.467 e. The molecule has 2 N–H and O–H groups in total. The average Bonchev–Trinajstić information content (AvgIpc) is 3.26. The van der Waals surface area contributed by atoms with Crippen LogP contribution in [0.2, 0.25) is 0 Å².